The van der Waals surface area contributed by atoms with Crippen molar-refractivity contribution in [3.8, 4) is 0 Å². The molecule has 3 aliphatic rings. The molecule has 1 saturated heterocycles. The summed E-state index contributed by atoms with van der Waals surface area (Å²) in [5.41, 5.74) is 2.87. The molecule has 0 unspecified atom stereocenters. The van der Waals surface area contributed by atoms with Crippen molar-refractivity contribution in [1.82, 2.24) is 15.3 Å². The van der Waals surface area contributed by atoms with E-state index in [9.17, 15) is 19.6 Å². The lowest BCUT2D eigenvalue weighted by Gasteiger charge is -2.41. The predicted molar refractivity (Wildman–Crippen MR) is 131 cm³/mol. The van der Waals surface area contributed by atoms with Crippen LogP contribution in [0, 0.1) is 11.8 Å². The van der Waals surface area contributed by atoms with E-state index in [0.717, 1.165) is 44.5 Å². The van der Waals surface area contributed by atoms with Crippen LogP contribution >= 0.6 is 0 Å². The minimum absolute atomic E-state index is 0.0598. The maximum atomic E-state index is 13.4. The van der Waals surface area contributed by atoms with Gasteiger partial charge in [0.1, 0.15) is 6.10 Å². The van der Waals surface area contributed by atoms with Crippen LogP contribution in [0.15, 0.2) is 30.3 Å². The third-order valence-electron chi connectivity index (χ3n) is 7.96. The molecule has 2 aliphatic carbocycles. The highest BCUT2D eigenvalue weighted by Crippen LogP contribution is 2.34. The molecular formula is C26H38N4O5. The number of rotatable bonds is 5. The highest BCUT2D eigenvalue weighted by Gasteiger charge is 2.43. The van der Waals surface area contributed by atoms with Gasteiger partial charge in [-0.25, -0.2) is 10.3 Å². The molecule has 0 spiro atoms. The van der Waals surface area contributed by atoms with Crippen LogP contribution in [0.3, 0.4) is 0 Å². The minimum Gasteiger partial charge on any atom is -0.446 e. The Morgan fingerprint density at radius 2 is 1.63 bits per heavy atom. The Bertz CT molecular complexity index is 868. The van der Waals surface area contributed by atoms with Crippen molar-refractivity contribution in [3.63, 3.8) is 0 Å². The Labute approximate surface area is 207 Å². The van der Waals surface area contributed by atoms with Gasteiger partial charge < -0.3 is 19.4 Å². The van der Waals surface area contributed by atoms with Crippen LogP contribution in [0.1, 0.15) is 51.4 Å². The van der Waals surface area contributed by atoms with Gasteiger partial charge in [-0.3, -0.25) is 14.8 Å². The summed E-state index contributed by atoms with van der Waals surface area (Å²) >= 11 is 0. The topological polar surface area (TPSA) is 102 Å². The monoisotopic (exact) mass is 486 g/mol. The number of piperazine rings is 1. The van der Waals surface area contributed by atoms with Crippen LogP contribution < -0.4 is 10.4 Å². The van der Waals surface area contributed by atoms with Crippen molar-refractivity contribution in [2.45, 2.75) is 63.5 Å². The van der Waals surface area contributed by atoms with E-state index in [2.05, 4.69) is 17.0 Å². The molecule has 0 radical (unpaired) electrons. The maximum Gasteiger partial charge on any atom is 0.410 e. The smallest absolute Gasteiger partial charge is 0.410 e. The van der Waals surface area contributed by atoms with E-state index in [0.29, 0.717) is 25.9 Å². The highest BCUT2D eigenvalue weighted by atomic mass is 16.6. The summed E-state index contributed by atoms with van der Waals surface area (Å²) in [5, 5.41) is 9.34. The molecule has 1 aromatic carbocycles. The molecule has 3 atom stereocenters. The van der Waals surface area contributed by atoms with Gasteiger partial charge in [0.2, 0.25) is 11.8 Å². The molecule has 3 amide bonds. The summed E-state index contributed by atoms with van der Waals surface area (Å²) in [5.74, 6) is -1.91. The Morgan fingerprint density at radius 3 is 2.29 bits per heavy atom. The largest absolute Gasteiger partial charge is 0.446 e. The van der Waals surface area contributed by atoms with Crippen molar-refractivity contribution in [2.24, 2.45) is 11.8 Å². The molecule has 192 valence electrons. The summed E-state index contributed by atoms with van der Waals surface area (Å²) in [6, 6.07) is 10.3. The number of nitrogens with one attached hydrogen (secondary N) is 1. The molecule has 1 aromatic rings. The molecule has 2 saturated carbocycles. The zero-order valence-corrected chi connectivity index (χ0v) is 20.6. The Morgan fingerprint density at radius 1 is 0.943 bits per heavy atom. The van der Waals surface area contributed by atoms with E-state index >= 15 is 0 Å². The molecule has 35 heavy (non-hydrogen) atoms. The second kappa shape index (κ2) is 11.7. The minimum atomic E-state index is -0.730. The van der Waals surface area contributed by atoms with Crippen molar-refractivity contribution < 1.29 is 24.3 Å². The number of para-hydroxylation sites is 1. The molecule has 9 nitrogen and oxygen atoms in total. The molecular weight excluding hydrogens is 448 g/mol. The van der Waals surface area contributed by atoms with Crippen molar-refractivity contribution in [3.05, 3.63) is 30.3 Å². The molecule has 1 aliphatic heterocycles. The molecule has 1 heterocycles. The summed E-state index contributed by atoms with van der Waals surface area (Å²) in [6.07, 6.45) is 5.80. The van der Waals surface area contributed by atoms with Crippen LogP contribution in [-0.4, -0.2) is 78.3 Å². The standard InChI is InChI=1S/C26H38N4O5/c1-28(19-8-4-2-5-9-19)26(33)35-21-12-13-22(23(18-21)24(31)27-34)25(32)30-16-14-29(15-17-30)20-10-6-3-7-11-20/h3,6-7,10-11,19,21-23,34H,2,4-5,8-9,12-18H2,1H3,(H,27,31)/t21-,22+,23+/m1/s1. The number of anilines is 1. The molecule has 2 N–H and O–H groups in total. The van der Waals surface area contributed by atoms with E-state index in [1.807, 2.05) is 23.1 Å². The molecule has 0 aromatic heterocycles. The lowest BCUT2D eigenvalue weighted by molar-refractivity contribution is -0.149. The van der Waals surface area contributed by atoms with Crippen molar-refractivity contribution >= 4 is 23.6 Å². The normalized spacial score (nSPS) is 25.6. The highest BCUT2D eigenvalue weighted by molar-refractivity contribution is 5.87. The quantitative estimate of drug-likeness (QED) is 0.490. The first-order valence-corrected chi connectivity index (χ1v) is 12.9. The van der Waals surface area contributed by atoms with Crippen molar-refractivity contribution in [1.29, 1.82) is 0 Å². The van der Waals surface area contributed by atoms with Crippen LogP contribution in [0.25, 0.3) is 0 Å². The predicted octanol–water partition coefficient (Wildman–Crippen LogP) is 3.03. The molecule has 9 heteroatoms. The van der Waals surface area contributed by atoms with Gasteiger partial charge in [0, 0.05) is 45.0 Å². The van der Waals surface area contributed by atoms with E-state index < -0.39 is 23.8 Å². The number of amides is 3. The van der Waals surface area contributed by atoms with Crippen LogP contribution in [-0.2, 0) is 14.3 Å². The fourth-order valence-electron chi connectivity index (χ4n) is 5.81. The number of ether oxygens (including phenoxy) is 1. The third kappa shape index (κ3) is 6.07. The van der Waals surface area contributed by atoms with Crippen LogP contribution in [0.2, 0.25) is 0 Å². The summed E-state index contributed by atoms with van der Waals surface area (Å²) in [7, 11) is 1.78. The van der Waals surface area contributed by atoms with Gasteiger partial charge in [0.25, 0.3) is 0 Å². The fraction of sp³-hybridized carbons (Fsp3) is 0.654. The van der Waals surface area contributed by atoms with E-state index in [-0.39, 0.29) is 24.5 Å². The first-order valence-electron chi connectivity index (χ1n) is 12.9. The van der Waals surface area contributed by atoms with Gasteiger partial charge in [-0.05, 0) is 44.2 Å². The first kappa shape index (κ1) is 25.3. The number of carbonyl (C=O) groups is 3. The van der Waals surface area contributed by atoms with E-state index in [1.165, 1.54) is 6.42 Å². The average molecular weight is 487 g/mol. The summed E-state index contributed by atoms with van der Waals surface area (Å²) < 4.78 is 5.76. The van der Waals surface area contributed by atoms with Gasteiger partial charge in [0.15, 0.2) is 0 Å². The first-order chi connectivity index (χ1) is 17.0. The molecule has 3 fully saturated rings. The molecule has 0 bridgehead atoms. The second-order valence-electron chi connectivity index (χ2n) is 10.1. The Hall–Kier alpha value is -2.81. The zero-order chi connectivity index (χ0) is 24.8. The Balaban J connectivity index is 1.33. The van der Waals surface area contributed by atoms with E-state index in [4.69, 9.17) is 4.74 Å². The number of carbonyl (C=O) groups excluding carboxylic acids is 3. The zero-order valence-electron chi connectivity index (χ0n) is 20.6. The average Bonchev–Trinajstić information content (AvgIpc) is 2.92. The van der Waals surface area contributed by atoms with E-state index in [1.54, 1.807) is 17.4 Å². The Kier molecular flexibility index (Phi) is 8.49. The summed E-state index contributed by atoms with van der Waals surface area (Å²) in [6.45, 7) is 2.63. The van der Waals surface area contributed by atoms with Gasteiger partial charge in [-0.15, -0.1) is 0 Å². The van der Waals surface area contributed by atoms with Crippen LogP contribution in [0.4, 0.5) is 10.5 Å². The third-order valence-corrected chi connectivity index (χ3v) is 7.96. The van der Waals surface area contributed by atoms with Gasteiger partial charge in [-0.1, -0.05) is 37.5 Å². The fourth-order valence-corrected chi connectivity index (χ4v) is 5.81. The molecule has 4 rings (SSSR count). The number of hydrogen-bond donors (Lipinski definition) is 2. The SMILES string of the molecule is CN(C(=O)O[C@@H]1CC[C@H](C(=O)N2CCN(c3ccccc3)CC2)[C@@H](C(=O)NO)C1)C1CCCCC1. The van der Waals surface area contributed by atoms with Crippen molar-refractivity contribution in [2.75, 3.05) is 38.1 Å². The number of benzene rings is 1. The maximum absolute atomic E-state index is 13.4. The van der Waals surface area contributed by atoms with Crippen LogP contribution in [0.5, 0.6) is 0 Å². The van der Waals surface area contributed by atoms with Gasteiger partial charge in [0.05, 0.1) is 11.8 Å². The lowest BCUT2D eigenvalue weighted by Crippen LogP contribution is -2.53. The number of hydroxylamine groups is 1. The van der Waals surface area contributed by atoms with Gasteiger partial charge in [-0.2, -0.15) is 0 Å². The van der Waals surface area contributed by atoms with Gasteiger partial charge >= 0.3 is 6.09 Å². The second-order valence-corrected chi connectivity index (χ2v) is 10.1. The summed E-state index contributed by atoms with van der Waals surface area (Å²) in [4.78, 5) is 44.4. The number of hydrogen-bond acceptors (Lipinski definition) is 6. The number of nitrogens with zero attached hydrogens (tertiary/aromatic N) is 3. The lowest BCUT2D eigenvalue weighted by atomic mass is 9.76.